The van der Waals surface area contributed by atoms with Gasteiger partial charge in [-0.3, -0.25) is 4.52 Å². The summed E-state index contributed by atoms with van der Waals surface area (Å²) in [4.78, 5) is 0.883. The lowest BCUT2D eigenvalue weighted by Crippen LogP contribution is -2.12. The van der Waals surface area contributed by atoms with Gasteiger partial charge >= 0.3 is 8.60 Å². The predicted molar refractivity (Wildman–Crippen MR) is 120 cm³/mol. The fourth-order valence-corrected chi connectivity index (χ4v) is 3.86. The van der Waals surface area contributed by atoms with Crippen LogP contribution in [0.15, 0.2) is 36.1 Å². The minimum atomic E-state index is -1.62. The molecule has 0 heterocycles. The van der Waals surface area contributed by atoms with E-state index in [1.807, 2.05) is 38.1 Å². The normalized spacial score (nSPS) is 18.0. The number of allylic oxidation sites excluding steroid dienone is 3. The molecule has 0 fully saturated rings. The first-order valence-corrected chi connectivity index (χ1v) is 11.2. The third kappa shape index (κ3) is 6.30. The van der Waals surface area contributed by atoms with Gasteiger partial charge in [-0.15, -0.1) is 0 Å². The number of benzene rings is 1. The number of phenolic OH excluding ortho intramolecular Hbond substituents is 1. The maximum atomic E-state index is 10.3. The molecule has 1 aliphatic rings. The van der Waals surface area contributed by atoms with Gasteiger partial charge in [-0.1, -0.05) is 53.3 Å². The van der Waals surface area contributed by atoms with Crippen LogP contribution in [-0.4, -0.2) is 16.6 Å². The largest absolute Gasteiger partial charge is 0.508 e. The Morgan fingerprint density at radius 1 is 1.18 bits per heavy atom. The quantitative estimate of drug-likeness (QED) is 0.281. The van der Waals surface area contributed by atoms with Gasteiger partial charge in [0, 0.05) is 16.3 Å². The molecule has 6 heteroatoms. The second-order valence-electron chi connectivity index (χ2n) is 8.07. The van der Waals surface area contributed by atoms with E-state index in [2.05, 4.69) is 27.7 Å². The maximum Gasteiger partial charge on any atom is 0.463 e. The molecule has 0 radical (unpaired) electrons. The third-order valence-corrected chi connectivity index (χ3v) is 6.03. The van der Waals surface area contributed by atoms with Gasteiger partial charge < -0.3 is 14.2 Å². The number of aryl methyl sites for hydroxylation is 1. The highest BCUT2D eigenvalue weighted by atomic mass is 32.1. The second kappa shape index (κ2) is 9.87. The molecule has 0 saturated heterocycles. The predicted octanol–water partition coefficient (Wildman–Crippen LogP) is 6.90. The first-order valence-electron chi connectivity index (χ1n) is 9.68. The van der Waals surface area contributed by atoms with Crippen molar-refractivity contribution in [2.24, 2.45) is 5.92 Å². The molecule has 1 aromatic rings. The lowest BCUT2D eigenvalue weighted by Gasteiger charge is -2.24. The summed E-state index contributed by atoms with van der Waals surface area (Å²) in [5, 5.41) is 10.3. The van der Waals surface area contributed by atoms with Crippen LogP contribution in [0.5, 0.6) is 11.5 Å². The van der Waals surface area contributed by atoms with Crippen molar-refractivity contribution < 1.29 is 18.7 Å². The molecule has 1 N–H and O–H groups in total. The summed E-state index contributed by atoms with van der Waals surface area (Å²) in [5.74, 6) is 1.78. The van der Waals surface area contributed by atoms with Crippen LogP contribution in [0, 0.1) is 12.8 Å². The smallest absolute Gasteiger partial charge is 0.463 e. The third-order valence-electron chi connectivity index (χ3n) is 4.42. The molecule has 0 aromatic heterocycles. The van der Waals surface area contributed by atoms with Crippen molar-refractivity contribution in [2.45, 2.75) is 59.8 Å². The number of thiocarbonyl (C=S) groups is 1. The van der Waals surface area contributed by atoms with Gasteiger partial charge in [0.15, 0.2) is 0 Å². The van der Waals surface area contributed by atoms with E-state index in [0.29, 0.717) is 18.1 Å². The number of phenols is 1. The Bertz CT molecular complexity index is 765. The molecule has 4 nitrogen and oxygen atoms in total. The molecule has 0 aliphatic heterocycles. The van der Waals surface area contributed by atoms with Crippen molar-refractivity contribution in [3.63, 3.8) is 0 Å². The Labute approximate surface area is 175 Å². The van der Waals surface area contributed by atoms with Crippen molar-refractivity contribution in [3.8, 4) is 11.5 Å². The minimum Gasteiger partial charge on any atom is -0.508 e. The van der Waals surface area contributed by atoms with Crippen molar-refractivity contribution in [3.05, 3.63) is 47.2 Å². The summed E-state index contributed by atoms with van der Waals surface area (Å²) in [6.07, 6.45) is 7.69. The summed E-state index contributed by atoms with van der Waals surface area (Å²) in [7, 11) is -1.62. The molecule has 0 spiro atoms. The van der Waals surface area contributed by atoms with Crippen LogP contribution in [0.1, 0.15) is 58.6 Å². The van der Waals surface area contributed by atoms with Gasteiger partial charge in [0.2, 0.25) is 0 Å². The van der Waals surface area contributed by atoms with Crippen molar-refractivity contribution in [2.75, 3.05) is 6.61 Å². The van der Waals surface area contributed by atoms with Gasteiger partial charge in [-0.25, -0.2) is 0 Å². The van der Waals surface area contributed by atoms with E-state index in [-0.39, 0.29) is 17.1 Å². The summed E-state index contributed by atoms with van der Waals surface area (Å²) < 4.78 is 18.1. The van der Waals surface area contributed by atoms with E-state index in [9.17, 15) is 5.11 Å². The van der Waals surface area contributed by atoms with Gasteiger partial charge in [-0.2, -0.15) is 0 Å². The average molecular weight is 423 g/mol. The lowest BCUT2D eigenvalue weighted by molar-refractivity contribution is 0.238. The first kappa shape index (κ1) is 22.9. The van der Waals surface area contributed by atoms with Gasteiger partial charge in [0.25, 0.3) is 0 Å². The number of aromatic hydroxyl groups is 1. The molecule has 2 rings (SSSR count). The van der Waals surface area contributed by atoms with Crippen molar-refractivity contribution in [1.82, 2.24) is 0 Å². The zero-order valence-electron chi connectivity index (χ0n) is 17.6. The lowest BCUT2D eigenvalue weighted by atomic mass is 9.85. The first-order chi connectivity index (χ1) is 13.1. The minimum absolute atomic E-state index is 0.144. The Morgan fingerprint density at radius 2 is 1.89 bits per heavy atom. The van der Waals surface area contributed by atoms with Crippen LogP contribution >= 0.6 is 20.8 Å². The fraction of sp³-hybridized carbons (Fsp3) is 0.500. The zero-order chi connectivity index (χ0) is 20.9. The highest BCUT2D eigenvalue weighted by molar-refractivity contribution is 7.80. The van der Waals surface area contributed by atoms with Gasteiger partial charge in [-0.05, 0) is 54.7 Å². The van der Waals surface area contributed by atoms with E-state index in [1.165, 1.54) is 0 Å². The van der Waals surface area contributed by atoms with E-state index in [1.54, 1.807) is 6.07 Å². The van der Waals surface area contributed by atoms with Crippen LogP contribution in [0.3, 0.4) is 0 Å². The molecule has 1 aliphatic carbocycles. The highest BCUT2D eigenvalue weighted by Crippen LogP contribution is 2.46. The average Bonchev–Trinajstić information content (AvgIpc) is 2.59. The highest BCUT2D eigenvalue weighted by Gasteiger charge is 2.24. The van der Waals surface area contributed by atoms with Gasteiger partial charge in [0.05, 0.1) is 6.61 Å². The Kier molecular flexibility index (Phi) is 8.06. The van der Waals surface area contributed by atoms with E-state index < -0.39 is 8.60 Å². The summed E-state index contributed by atoms with van der Waals surface area (Å²) in [6.45, 7) is 12.8. The molecule has 0 saturated carbocycles. The Morgan fingerprint density at radius 3 is 2.50 bits per heavy atom. The summed E-state index contributed by atoms with van der Waals surface area (Å²) >= 11 is 5.30. The molecule has 154 valence electrons. The topological polar surface area (TPSA) is 47.9 Å². The molecule has 0 amide bonds. The number of rotatable bonds is 8. The van der Waals surface area contributed by atoms with E-state index in [4.69, 9.17) is 25.8 Å². The zero-order valence-corrected chi connectivity index (χ0v) is 19.3. The molecular formula is C22H31O4PS. The van der Waals surface area contributed by atoms with Crippen molar-refractivity contribution in [1.29, 1.82) is 0 Å². The molecular weight excluding hydrogens is 391 g/mol. The standard InChI is InChI=1S/C22H31O4PS/c1-7-8-11-24-27(25-17-9-10-21(28)16(3)12-17)26-20-14-18(22(4,5)6)19(23)13-15(20)2/h9-10,12-14,16,23H,7-8,11H2,1-6H3. The van der Waals surface area contributed by atoms with Crippen LogP contribution in [0.25, 0.3) is 0 Å². The van der Waals surface area contributed by atoms with Crippen LogP contribution in [0.4, 0.5) is 0 Å². The van der Waals surface area contributed by atoms with Crippen LogP contribution < -0.4 is 4.52 Å². The second-order valence-corrected chi connectivity index (χ2v) is 9.61. The number of hydrogen-bond donors (Lipinski definition) is 1. The molecule has 0 bridgehead atoms. The molecule has 28 heavy (non-hydrogen) atoms. The molecule has 2 atom stereocenters. The molecule has 1 aromatic carbocycles. The number of hydrogen-bond acceptors (Lipinski definition) is 5. The monoisotopic (exact) mass is 422 g/mol. The summed E-state index contributed by atoms with van der Waals surface area (Å²) in [5.41, 5.74) is 1.46. The Balaban J connectivity index is 2.24. The maximum absolute atomic E-state index is 10.3. The van der Waals surface area contributed by atoms with Crippen molar-refractivity contribution >= 4 is 25.7 Å². The van der Waals surface area contributed by atoms with Gasteiger partial charge in [0.1, 0.15) is 17.3 Å². The summed E-state index contributed by atoms with van der Waals surface area (Å²) in [6, 6.07) is 3.62. The molecule has 2 unspecified atom stereocenters. The SMILES string of the molecule is CCCCOP(OC1=CC(C)C(=S)C=C1)Oc1cc(C(C)(C)C)c(O)cc1C. The fourth-order valence-electron chi connectivity index (χ4n) is 2.65. The van der Waals surface area contributed by atoms with E-state index >= 15 is 0 Å². The Hall–Kier alpha value is -1.42. The number of unbranched alkanes of at least 4 members (excludes halogenated alkanes) is 1. The van der Waals surface area contributed by atoms with Crippen LogP contribution in [-0.2, 0) is 14.5 Å². The van der Waals surface area contributed by atoms with E-state index in [0.717, 1.165) is 28.8 Å². The van der Waals surface area contributed by atoms with Crippen LogP contribution in [0.2, 0.25) is 0 Å².